The van der Waals surface area contributed by atoms with Crippen molar-refractivity contribution in [2.24, 2.45) is 5.84 Å². The zero-order valence-corrected chi connectivity index (χ0v) is 11.5. The number of nitrogens with zero attached hydrogens (tertiary/aromatic N) is 2. The number of nitrogens with one attached hydrogen (secondary N) is 1. The van der Waals surface area contributed by atoms with Gasteiger partial charge in [0.15, 0.2) is 0 Å². The molecule has 1 aromatic carbocycles. The first-order chi connectivity index (χ1) is 10.3. The Kier molecular flexibility index (Phi) is 3.70. The number of hydrazine groups is 1. The summed E-state index contributed by atoms with van der Waals surface area (Å²) >= 11 is 0. The molecule has 1 aliphatic heterocycles. The highest BCUT2D eigenvalue weighted by molar-refractivity contribution is 5.95. The third-order valence-corrected chi connectivity index (χ3v) is 3.39. The minimum absolute atomic E-state index is 0.0202. The van der Waals surface area contributed by atoms with Crippen LogP contribution in [0.1, 0.15) is 12.0 Å². The Morgan fingerprint density at radius 1 is 1.29 bits per heavy atom. The van der Waals surface area contributed by atoms with Crippen LogP contribution in [0.5, 0.6) is 5.75 Å². The van der Waals surface area contributed by atoms with Gasteiger partial charge >= 0.3 is 0 Å². The van der Waals surface area contributed by atoms with E-state index in [0.29, 0.717) is 25.4 Å². The molecule has 0 bridgehead atoms. The van der Waals surface area contributed by atoms with E-state index in [-0.39, 0.29) is 5.91 Å². The number of para-hydroxylation sites is 2. The van der Waals surface area contributed by atoms with Gasteiger partial charge in [-0.3, -0.25) is 4.79 Å². The van der Waals surface area contributed by atoms with Crippen molar-refractivity contribution in [3.8, 4) is 5.75 Å². The van der Waals surface area contributed by atoms with Gasteiger partial charge in [0, 0.05) is 11.8 Å². The Labute approximate surface area is 122 Å². The first kappa shape index (κ1) is 13.4. The summed E-state index contributed by atoms with van der Waals surface area (Å²) in [7, 11) is 0. The normalized spacial score (nSPS) is 14.1. The number of carbonyl (C=O) groups excluding carboxylic acids is 1. The summed E-state index contributed by atoms with van der Waals surface area (Å²) in [6.07, 6.45) is 2.00. The molecule has 3 N–H and O–H groups in total. The summed E-state index contributed by atoms with van der Waals surface area (Å²) in [6, 6.07) is 11.2. The molecule has 21 heavy (non-hydrogen) atoms. The van der Waals surface area contributed by atoms with E-state index in [9.17, 15) is 4.79 Å². The first-order valence-corrected chi connectivity index (χ1v) is 6.72. The maximum atomic E-state index is 12.4. The highest BCUT2D eigenvalue weighted by Crippen LogP contribution is 2.32. The smallest absolute Gasteiger partial charge is 0.230 e. The van der Waals surface area contributed by atoms with Crippen LogP contribution in [0.4, 0.5) is 11.5 Å². The van der Waals surface area contributed by atoms with Crippen molar-refractivity contribution in [1.29, 1.82) is 0 Å². The molecule has 2 heterocycles. The van der Waals surface area contributed by atoms with E-state index in [1.165, 1.54) is 0 Å². The number of fused-ring (bicyclic) bond motifs is 1. The number of nitrogen functional groups attached to an aromatic ring is 1. The van der Waals surface area contributed by atoms with Gasteiger partial charge in [-0.1, -0.05) is 18.2 Å². The number of amides is 1. The number of rotatable bonds is 3. The number of pyridine rings is 1. The highest BCUT2D eigenvalue weighted by atomic mass is 16.5. The Hall–Kier alpha value is -2.60. The monoisotopic (exact) mass is 284 g/mol. The lowest BCUT2D eigenvalue weighted by Gasteiger charge is -2.22. The van der Waals surface area contributed by atoms with Crippen LogP contribution in [0.3, 0.4) is 0 Å². The average Bonchev–Trinajstić information content (AvgIpc) is 2.68. The molecule has 1 aromatic heterocycles. The van der Waals surface area contributed by atoms with Crippen LogP contribution < -0.4 is 20.9 Å². The molecule has 0 fully saturated rings. The van der Waals surface area contributed by atoms with Crippen LogP contribution in [0.25, 0.3) is 0 Å². The predicted molar refractivity (Wildman–Crippen MR) is 79.8 cm³/mol. The van der Waals surface area contributed by atoms with Gasteiger partial charge in [-0.2, -0.15) is 0 Å². The maximum absolute atomic E-state index is 12.4. The minimum Gasteiger partial charge on any atom is -0.491 e. The summed E-state index contributed by atoms with van der Waals surface area (Å²) < 4.78 is 5.62. The molecule has 6 heteroatoms. The number of hydrogen-bond acceptors (Lipinski definition) is 5. The Morgan fingerprint density at radius 3 is 3.00 bits per heavy atom. The third-order valence-electron chi connectivity index (χ3n) is 3.39. The highest BCUT2D eigenvalue weighted by Gasteiger charge is 2.23. The number of aromatic nitrogens is 1. The van der Waals surface area contributed by atoms with Crippen LogP contribution in [0.2, 0.25) is 0 Å². The largest absolute Gasteiger partial charge is 0.491 e. The van der Waals surface area contributed by atoms with Crippen molar-refractivity contribution >= 4 is 17.4 Å². The van der Waals surface area contributed by atoms with Gasteiger partial charge in [-0.05, 0) is 18.2 Å². The fourth-order valence-electron chi connectivity index (χ4n) is 2.36. The number of ether oxygens (including phenoxy) is 1. The number of carbonyl (C=O) groups is 1. The number of benzene rings is 1. The Morgan fingerprint density at radius 2 is 2.14 bits per heavy atom. The van der Waals surface area contributed by atoms with Crippen molar-refractivity contribution in [3.63, 3.8) is 0 Å². The molecule has 3 rings (SSSR count). The van der Waals surface area contributed by atoms with Gasteiger partial charge in [-0.15, -0.1) is 0 Å². The van der Waals surface area contributed by atoms with Crippen LogP contribution in [-0.2, 0) is 11.3 Å². The molecule has 0 aliphatic carbocycles. The summed E-state index contributed by atoms with van der Waals surface area (Å²) in [6.45, 7) is 0.786. The van der Waals surface area contributed by atoms with Gasteiger partial charge in [0.2, 0.25) is 5.91 Å². The summed E-state index contributed by atoms with van der Waals surface area (Å²) in [5.74, 6) is 6.78. The van der Waals surface area contributed by atoms with Crippen molar-refractivity contribution in [2.45, 2.75) is 13.0 Å². The molecule has 6 nitrogen and oxygen atoms in total. The molecule has 0 atom stereocenters. The zero-order valence-electron chi connectivity index (χ0n) is 11.5. The quantitative estimate of drug-likeness (QED) is 0.662. The molecule has 0 unspecified atom stereocenters. The van der Waals surface area contributed by atoms with Gasteiger partial charge < -0.3 is 15.1 Å². The SMILES string of the molecule is NNc1ncccc1CN1C(=O)CCOc2ccccc21. The van der Waals surface area contributed by atoms with E-state index in [1.54, 1.807) is 11.1 Å². The lowest BCUT2D eigenvalue weighted by Crippen LogP contribution is -2.30. The second kappa shape index (κ2) is 5.80. The van der Waals surface area contributed by atoms with Gasteiger partial charge in [0.25, 0.3) is 0 Å². The molecule has 0 radical (unpaired) electrons. The second-order valence-corrected chi connectivity index (χ2v) is 4.70. The molecular formula is C15H16N4O2. The van der Waals surface area contributed by atoms with E-state index < -0.39 is 0 Å². The molecule has 1 aliphatic rings. The Balaban J connectivity index is 1.98. The number of hydrogen-bond donors (Lipinski definition) is 2. The maximum Gasteiger partial charge on any atom is 0.230 e. The van der Waals surface area contributed by atoms with Gasteiger partial charge in [0.05, 0.1) is 25.3 Å². The molecule has 0 saturated carbocycles. The van der Waals surface area contributed by atoms with Crippen LogP contribution in [0.15, 0.2) is 42.6 Å². The van der Waals surface area contributed by atoms with E-state index >= 15 is 0 Å². The van der Waals surface area contributed by atoms with Crippen LogP contribution in [0, 0.1) is 0 Å². The van der Waals surface area contributed by atoms with Crippen molar-refractivity contribution in [2.75, 3.05) is 16.9 Å². The summed E-state index contributed by atoms with van der Waals surface area (Å²) in [5.41, 5.74) is 4.18. The van der Waals surface area contributed by atoms with Crippen molar-refractivity contribution in [3.05, 3.63) is 48.2 Å². The fraction of sp³-hybridized carbons (Fsp3) is 0.200. The van der Waals surface area contributed by atoms with Crippen LogP contribution >= 0.6 is 0 Å². The van der Waals surface area contributed by atoms with Gasteiger partial charge in [-0.25, -0.2) is 10.8 Å². The molecule has 1 amide bonds. The lowest BCUT2D eigenvalue weighted by molar-refractivity contribution is -0.118. The first-order valence-electron chi connectivity index (χ1n) is 6.72. The molecule has 2 aromatic rings. The third kappa shape index (κ3) is 2.66. The van der Waals surface area contributed by atoms with E-state index in [0.717, 1.165) is 17.0 Å². The molecule has 0 saturated heterocycles. The second-order valence-electron chi connectivity index (χ2n) is 4.70. The van der Waals surface area contributed by atoms with E-state index in [4.69, 9.17) is 10.6 Å². The topological polar surface area (TPSA) is 80.5 Å². The molecule has 0 spiro atoms. The van der Waals surface area contributed by atoms with Crippen LogP contribution in [-0.4, -0.2) is 17.5 Å². The summed E-state index contributed by atoms with van der Waals surface area (Å²) in [4.78, 5) is 18.2. The standard InChI is InChI=1S/C15H16N4O2/c16-18-15-11(4-3-8-17-15)10-19-12-5-1-2-6-13(12)21-9-7-14(19)20/h1-6,8H,7,9-10,16H2,(H,17,18). The van der Waals surface area contributed by atoms with E-state index in [2.05, 4.69) is 10.4 Å². The number of anilines is 2. The molecule has 108 valence electrons. The zero-order chi connectivity index (χ0) is 14.7. The fourth-order valence-corrected chi connectivity index (χ4v) is 2.36. The van der Waals surface area contributed by atoms with Crippen molar-refractivity contribution in [1.82, 2.24) is 4.98 Å². The Bertz CT molecular complexity index is 660. The predicted octanol–water partition coefficient (Wildman–Crippen LogP) is 1.68. The minimum atomic E-state index is 0.0202. The average molecular weight is 284 g/mol. The van der Waals surface area contributed by atoms with Crippen molar-refractivity contribution < 1.29 is 9.53 Å². The van der Waals surface area contributed by atoms with E-state index in [1.807, 2.05) is 36.4 Å². The molecular weight excluding hydrogens is 268 g/mol. The number of nitrogens with two attached hydrogens (primary N) is 1. The van der Waals surface area contributed by atoms with Gasteiger partial charge in [0.1, 0.15) is 11.6 Å². The summed E-state index contributed by atoms with van der Waals surface area (Å²) in [5, 5.41) is 0. The lowest BCUT2D eigenvalue weighted by atomic mass is 10.2.